The number of anilines is 1. The molecule has 1 amide bonds. The van der Waals surface area contributed by atoms with Gasteiger partial charge in [0.25, 0.3) is 0 Å². The molecule has 0 saturated carbocycles. The van der Waals surface area contributed by atoms with Gasteiger partial charge in [-0.3, -0.25) is 4.79 Å². The number of rotatable bonds is 5. The number of carbonyl (C=O) groups excluding carboxylic acids is 1. The quantitative estimate of drug-likeness (QED) is 0.562. The summed E-state index contributed by atoms with van der Waals surface area (Å²) in [5, 5.41) is 13.3. The van der Waals surface area contributed by atoms with Crippen molar-refractivity contribution in [3.05, 3.63) is 62.8 Å². The summed E-state index contributed by atoms with van der Waals surface area (Å²) in [6.07, 6.45) is 0.190. The number of hydrogen-bond acceptors (Lipinski definition) is 5. The predicted molar refractivity (Wildman–Crippen MR) is 116 cm³/mol. The Bertz CT molecular complexity index is 1140. The molecule has 4 rings (SSSR count). The average Bonchev–Trinajstić information content (AvgIpc) is 3.13. The third-order valence-corrected chi connectivity index (χ3v) is 6.59. The number of methoxy groups -OCH3 is 2. The Morgan fingerprint density at radius 1 is 1.17 bits per heavy atom. The Balaban J connectivity index is 1.93. The fraction of sp³-hybridized carbons (Fsp3) is 0.182. The minimum absolute atomic E-state index is 0.169. The van der Waals surface area contributed by atoms with E-state index in [9.17, 15) is 14.7 Å². The number of aromatic carboxylic acids is 1. The lowest BCUT2D eigenvalue weighted by molar-refractivity contribution is -0.116. The molecule has 2 aromatic carbocycles. The molecule has 8 heteroatoms. The van der Waals surface area contributed by atoms with Crippen LogP contribution in [0.3, 0.4) is 0 Å². The van der Waals surface area contributed by atoms with Gasteiger partial charge >= 0.3 is 5.97 Å². The van der Waals surface area contributed by atoms with Crippen molar-refractivity contribution in [3.63, 3.8) is 0 Å². The van der Waals surface area contributed by atoms with Crippen molar-refractivity contribution in [1.82, 2.24) is 0 Å². The molecule has 0 fully saturated rings. The van der Waals surface area contributed by atoms with E-state index in [1.54, 1.807) is 50.6 Å². The summed E-state index contributed by atoms with van der Waals surface area (Å²) in [4.78, 5) is 25.6. The zero-order valence-corrected chi connectivity index (χ0v) is 17.8. The molecule has 0 spiro atoms. The first-order chi connectivity index (χ1) is 14.4. The minimum Gasteiger partial charge on any atom is -0.497 e. The highest BCUT2D eigenvalue weighted by Gasteiger charge is 2.35. The Morgan fingerprint density at radius 2 is 1.90 bits per heavy atom. The van der Waals surface area contributed by atoms with Gasteiger partial charge in [0.1, 0.15) is 16.4 Å². The monoisotopic (exact) mass is 443 g/mol. The molecule has 0 aliphatic carbocycles. The van der Waals surface area contributed by atoms with E-state index in [2.05, 4.69) is 5.32 Å². The molecule has 154 valence electrons. The summed E-state index contributed by atoms with van der Waals surface area (Å²) in [6.45, 7) is 0. The summed E-state index contributed by atoms with van der Waals surface area (Å²) < 4.78 is 10.8. The van der Waals surface area contributed by atoms with Crippen molar-refractivity contribution in [2.75, 3.05) is 19.5 Å². The zero-order chi connectivity index (χ0) is 21.4. The van der Waals surface area contributed by atoms with Gasteiger partial charge in [0, 0.05) is 39.4 Å². The van der Waals surface area contributed by atoms with Crippen LogP contribution in [-0.2, 0) is 4.79 Å². The Hall–Kier alpha value is -3.03. The number of nitrogens with one attached hydrogen (secondary N) is 1. The maximum Gasteiger partial charge on any atom is 0.346 e. The number of ether oxygens (including phenoxy) is 2. The topological polar surface area (TPSA) is 84.9 Å². The summed E-state index contributed by atoms with van der Waals surface area (Å²) >= 11 is 7.16. The normalized spacial score (nSPS) is 15.3. The van der Waals surface area contributed by atoms with Gasteiger partial charge in [0.05, 0.1) is 19.9 Å². The van der Waals surface area contributed by atoms with E-state index in [4.69, 9.17) is 21.1 Å². The van der Waals surface area contributed by atoms with Gasteiger partial charge in [-0.25, -0.2) is 4.79 Å². The van der Waals surface area contributed by atoms with Crippen LogP contribution in [0.5, 0.6) is 11.5 Å². The first-order valence-corrected chi connectivity index (χ1v) is 10.3. The van der Waals surface area contributed by atoms with Crippen molar-refractivity contribution < 1.29 is 24.2 Å². The van der Waals surface area contributed by atoms with Crippen molar-refractivity contribution in [2.24, 2.45) is 0 Å². The van der Waals surface area contributed by atoms with E-state index in [1.807, 2.05) is 6.07 Å². The average molecular weight is 444 g/mol. The fourth-order valence-corrected chi connectivity index (χ4v) is 5.05. The van der Waals surface area contributed by atoms with Crippen molar-refractivity contribution in [3.8, 4) is 22.6 Å². The van der Waals surface area contributed by atoms with E-state index < -0.39 is 5.97 Å². The standard InChI is InChI=1S/C22H18ClNO5S/c1-28-13-7-8-14(16(9-13)29-2)15-10-17(25)24-19-18(11-3-5-12(23)6-4-11)21(22(26)27)30-20(15)19/h3-9,15H,10H2,1-2H3,(H,24,25)(H,26,27). The van der Waals surface area contributed by atoms with Gasteiger partial charge in [0.15, 0.2) is 0 Å². The molecule has 0 bridgehead atoms. The van der Waals surface area contributed by atoms with Gasteiger partial charge in [-0.2, -0.15) is 0 Å². The minimum atomic E-state index is -1.05. The van der Waals surface area contributed by atoms with Crippen molar-refractivity contribution in [2.45, 2.75) is 12.3 Å². The molecule has 6 nitrogen and oxygen atoms in total. The number of halogens is 1. The van der Waals surface area contributed by atoms with E-state index in [0.717, 1.165) is 10.4 Å². The van der Waals surface area contributed by atoms with Crippen LogP contribution in [-0.4, -0.2) is 31.2 Å². The van der Waals surface area contributed by atoms with E-state index in [-0.39, 0.29) is 23.1 Å². The van der Waals surface area contributed by atoms with Gasteiger partial charge < -0.3 is 19.9 Å². The molecule has 1 aliphatic rings. The molecule has 1 atom stereocenters. The fourth-order valence-electron chi connectivity index (χ4n) is 3.69. The number of benzene rings is 2. The molecular weight excluding hydrogens is 426 g/mol. The first kappa shape index (κ1) is 20.3. The van der Waals surface area contributed by atoms with Crippen LogP contribution in [0.2, 0.25) is 5.02 Å². The maximum absolute atomic E-state index is 12.6. The number of fused-ring (bicyclic) bond motifs is 1. The third kappa shape index (κ3) is 3.51. The van der Waals surface area contributed by atoms with E-state index in [1.165, 1.54) is 11.3 Å². The molecule has 0 radical (unpaired) electrons. The van der Waals surface area contributed by atoms with E-state index >= 15 is 0 Å². The lowest BCUT2D eigenvalue weighted by Crippen LogP contribution is -2.22. The predicted octanol–water partition coefficient (Wildman–Crippen LogP) is 5.26. The molecule has 1 aliphatic heterocycles. The lowest BCUT2D eigenvalue weighted by atomic mass is 9.88. The number of hydrogen-bond donors (Lipinski definition) is 2. The molecule has 3 aromatic rings. The van der Waals surface area contributed by atoms with Gasteiger partial charge in [-0.05, 0) is 23.8 Å². The second kappa shape index (κ2) is 8.01. The largest absolute Gasteiger partial charge is 0.497 e. The second-order valence-electron chi connectivity index (χ2n) is 6.77. The smallest absolute Gasteiger partial charge is 0.346 e. The Labute approximate surface area is 182 Å². The summed E-state index contributed by atoms with van der Waals surface area (Å²) in [5.41, 5.74) is 2.50. The van der Waals surface area contributed by atoms with Crippen LogP contribution in [0.1, 0.15) is 32.5 Å². The summed E-state index contributed by atoms with van der Waals surface area (Å²) in [7, 11) is 3.12. The van der Waals surface area contributed by atoms with Crippen molar-refractivity contribution in [1.29, 1.82) is 0 Å². The van der Waals surface area contributed by atoms with Crippen molar-refractivity contribution >= 4 is 40.5 Å². The van der Waals surface area contributed by atoms with Crippen LogP contribution in [0.15, 0.2) is 42.5 Å². The van der Waals surface area contributed by atoms with Crippen LogP contribution < -0.4 is 14.8 Å². The number of carbonyl (C=O) groups is 2. The molecule has 1 aromatic heterocycles. The molecule has 30 heavy (non-hydrogen) atoms. The number of carboxylic acids is 1. The molecule has 0 saturated heterocycles. The lowest BCUT2D eigenvalue weighted by Gasteiger charge is -2.25. The second-order valence-corrected chi connectivity index (χ2v) is 8.26. The molecular formula is C22H18ClNO5S. The van der Waals surface area contributed by atoms with Gasteiger partial charge in [-0.15, -0.1) is 11.3 Å². The highest BCUT2D eigenvalue weighted by molar-refractivity contribution is 7.15. The SMILES string of the molecule is COc1ccc(C2CC(=O)Nc3c2sc(C(=O)O)c3-c2ccc(Cl)cc2)c(OC)c1. The summed E-state index contributed by atoms with van der Waals surface area (Å²) in [6, 6.07) is 12.3. The number of amides is 1. The number of carboxylic acid groups (broad SMARTS) is 1. The van der Waals surface area contributed by atoms with Gasteiger partial charge in [0.2, 0.25) is 5.91 Å². The molecule has 2 heterocycles. The Kier molecular flexibility index (Phi) is 5.40. The third-order valence-electron chi connectivity index (χ3n) is 5.05. The molecule has 2 N–H and O–H groups in total. The first-order valence-electron chi connectivity index (χ1n) is 9.10. The molecule has 1 unspecified atom stereocenters. The van der Waals surface area contributed by atoms with Crippen LogP contribution in [0.25, 0.3) is 11.1 Å². The van der Waals surface area contributed by atoms with Gasteiger partial charge in [-0.1, -0.05) is 29.8 Å². The Morgan fingerprint density at radius 3 is 2.53 bits per heavy atom. The van der Waals surface area contributed by atoms with Crippen LogP contribution in [0, 0.1) is 0 Å². The summed E-state index contributed by atoms with van der Waals surface area (Å²) in [5.74, 6) is -0.350. The zero-order valence-electron chi connectivity index (χ0n) is 16.2. The van der Waals surface area contributed by atoms with Crippen LogP contribution in [0.4, 0.5) is 5.69 Å². The van der Waals surface area contributed by atoms with Crippen LogP contribution >= 0.6 is 22.9 Å². The maximum atomic E-state index is 12.6. The van der Waals surface area contributed by atoms with E-state index in [0.29, 0.717) is 33.3 Å². The highest BCUT2D eigenvalue weighted by atomic mass is 35.5. The number of thiophene rings is 1. The highest BCUT2D eigenvalue weighted by Crippen LogP contribution is 2.51.